The van der Waals surface area contributed by atoms with Crippen molar-refractivity contribution >= 4 is 17.7 Å². The first-order chi connectivity index (χ1) is 10.6. The Hall–Kier alpha value is -2.89. The minimum Gasteiger partial charge on any atom is -0.480 e. The van der Waals surface area contributed by atoms with E-state index in [1.54, 1.807) is 24.3 Å². The summed E-state index contributed by atoms with van der Waals surface area (Å²) in [5, 5.41) is 8.90. The molecule has 0 aliphatic rings. The van der Waals surface area contributed by atoms with E-state index in [0.29, 0.717) is 0 Å². The third-order valence-electron chi connectivity index (χ3n) is 2.86. The van der Waals surface area contributed by atoms with Crippen LogP contribution in [0, 0.1) is 5.82 Å². The van der Waals surface area contributed by atoms with E-state index in [9.17, 15) is 14.0 Å². The summed E-state index contributed by atoms with van der Waals surface area (Å²) < 4.78 is 18.8. The summed E-state index contributed by atoms with van der Waals surface area (Å²) in [6.07, 6.45) is -0.920. The quantitative estimate of drug-likeness (QED) is 0.922. The third kappa shape index (κ3) is 4.05. The van der Waals surface area contributed by atoms with Gasteiger partial charge in [0.15, 0.2) is 0 Å². The van der Waals surface area contributed by atoms with Gasteiger partial charge < -0.3 is 9.84 Å². The van der Waals surface area contributed by atoms with Crippen molar-refractivity contribution in [2.75, 3.05) is 11.4 Å². The molecule has 0 unspecified atom stereocenters. The fraction of sp³-hybridized carbons (Fsp3) is 0.125. The van der Waals surface area contributed by atoms with Crippen molar-refractivity contribution in [2.45, 2.75) is 6.61 Å². The summed E-state index contributed by atoms with van der Waals surface area (Å²) >= 11 is 0. The van der Waals surface area contributed by atoms with Crippen molar-refractivity contribution < 1.29 is 23.8 Å². The summed E-state index contributed by atoms with van der Waals surface area (Å²) in [7, 11) is 0. The van der Waals surface area contributed by atoms with Crippen molar-refractivity contribution in [3.05, 3.63) is 66.0 Å². The van der Waals surface area contributed by atoms with Crippen LogP contribution in [0.25, 0.3) is 0 Å². The van der Waals surface area contributed by atoms with Gasteiger partial charge in [-0.2, -0.15) is 0 Å². The first-order valence-electron chi connectivity index (χ1n) is 6.52. The van der Waals surface area contributed by atoms with Crippen LogP contribution >= 0.6 is 0 Å². The summed E-state index contributed by atoms with van der Waals surface area (Å²) in [6.45, 7) is -0.710. The molecule has 5 nitrogen and oxygen atoms in total. The van der Waals surface area contributed by atoms with Crippen LogP contribution in [-0.2, 0) is 16.1 Å². The average Bonchev–Trinajstić information content (AvgIpc) is 2.52. The van der Waals surface area contributed by atoms with Crippen molar-refractivity contribution in [2.24, 2.45) is 0 Å². The number of anilines is 1. The molecule has 0 aromatic heterocycles. The molecule has 1 N–H and O–H groups in total. The standard InChI is InChI=1S/C16H14FNO4/c17-13-8-4-5-9-14(13)18(10-15(19)20)16(21)22-11-12-6-2-1-3-7-12/h1-9H,10-11H2,(H,19,20). The van der Waals surface area contributed by atoms with E-state index >= 15 is 0 Å². The highest BCUT2D eigenvalue weighted by Crippen LogP contribution is 2.19. The first-order valence-corrected chi connectivity index (χ1v) is 6.52. The van der Waals surface area contributed by atoms with E-state index in [1.807, 2.05) is 6.07 Å². The first kappa shape index (κ1) is 15.5. The second kappa shape index (κ2) is 7.21. The van der Waals surface area contributed by atoms with Gasteiger partial charge in [-0.15, -0.1) is 0 Å². The molecule has 6 heteroatoms. The molecule has 114 valence electrons. The predicted molar refractivity (Wildman–Crippen MR) is 78.0 cm³/mol. The highest BCUT2D eigenvalue weighted by Gasteiger charge is 2.22. The van der Waals surface area contributed by atoms with E-state index in [1.165, 1.54) is 18.2 Å². The molecule has 0 heterocycles. The fourth-order valence-corrected chi connectivity index (χ4v) is 1.85. The Balaban J connectivity index is 2.13. The van der Waals surface area contributed by atoms with Crippen LogP contribution in [0.5, 0.6) is 0 Å². The number of para-hydroxylation sites is 1. The van der Waals surface area contributed by atoms with Gasteiger partial charge in [0.2, 0.25) is 0 Å². The number of carbonyl (C=O) groups is 2. The minimum atomic E-state index is -1.26. The van der Waals surface area contributed by atoms with Crippen LogP contribution in [0.4, 0.5) is 14.9 Å². The molecular formula is C16H14FNO4. The lowest BCUT2D eigenvalue weighted by Crippen LogP contribution is -2.36. The Kier molecular flexibility index (Phi) is 5.08. The van der Waals surface area contributed by atoms with E-state index in [4.69, 9.17) is 9.84 Å². The summed E-state index contributed by atoms with van der Waals surface area (Å²) in [4.78, 5) is 23.7. The number of aliphatic carboxylic acids is 1. The molecule has 0 atom stereocenters. The topological polar surface area (TPSA) is 66.8 Å². The lowest BCUT2D eigenvalue weighted by Gasteiger charge is -2.20. The number of amides is 1. The van der Waals surface area contributed by atoms with Gasteiger partial charge in [0.05, 0.1) is 5.69 Å². The van der Waals surface area contributed by atoms with Crippen LogP contribution in [0.3, 0.4) is 0 Å². The van der Waals surface area contributed by atoms with Gasteiger partial charge in [0, 0.05) is 0 Å². The lowest BCUT2D eigenvalue weighted by molar-refractivity contribution is -0.135. The van der Waals surface area contributed by atoms with Crippen LogP contribution < -0.4 is 4.90 Å². The number of carboxylic acids is 1. The number of benzene rings is 2. The van der Waals surface area contributed by atoms with Crippen LogP contribution in [0.15, 0.2) is 54.6 Å². The highest BCUT2D eigenvalue weighted by molar-refractivity contribution is 5.93. The molecule has 0 saturated carbocycles. The molecule has 2 rings (SSSR count). The van der Waals surface area contributed by atoms with Crippen LogP contribution in [0.2, 0.25) is 0 Å². The Bertz CT molecular complexity index is 660. The maximum Gasteiger partial charge on any atom is 0.415 e. The second-order valence-corrected chi connectivity index (χ2v) is 4.47. The Morgan fingerprint density at radius 2 is 1.68 bits per heavy atom. The van der Waals surface area contributed by atoms with Gasteiger partial charge in [-0.05, 0) is 17.7 Å². The monoisotopic (exact) mass is 303 g/mol. The van der Waals surface area contributed by atoms with Gasteiger partial charge >= 0.3 is 12.1 Å². The highest BCUT2D eigenvalue weighted by atomic mass is 19.1. The number of rotatable bonds is 5. The molecular weight excluding hydrogens is 289 g/mol. The van der Waals surface area contributed by atoms with Gasteiger partial charge in [-0.25, -0.2) is 9.18 Å². The molecule has 2 aromatic carbocycles. The number of hydrogen-bond donors (Lipinski definition) is 1. The zero-order chi connectivity index (χ0) is 15.9. The molecule has 0 radical (unpaired) electrons. The molecule has 1 amide bonds. The average molecular weight is 303 g/mol. The zero-order valence-corrected chi connectivity index (χ0v) is 11.6. The molecule has 0 bridgehead atoms. The number of halogens is 1. The lowest BCUT2D eigenvalue weighted by atomic mass is 10.2. The number of nitrogens with zero attached hydrogens (tertiary/aromatic N) is 1. The normalized spacial score (nSPS) is 10.0. The molecule has 22 heavy (non-hydrogen) atoms. The zero-order valence-electron chi connectivity index (χ0n) is 11.6. The van der Waals surface area contributed by atoms with Crippen LogP contribution in [-0.4, -0.2) is 23.7 Å². The van der Waals surface area contributed by atoms with Gasteiger partial charge in [-0.3, -0.25) is 9.69 Å². The third-order valence-corrected chi connectivity index (χ3v) is 2.86. The second-order valence-electron chi connectivity index (χ2n) is 4.47. The molecule has 0 spiro atoms. The van der Waals surface area contributed by atoms with Crippen molar-refractivity contribution in [3.8, 4) is 0 Å². The number of ether oxygens (including phenoxy) is 1. The minimum absolute atomic E-state index is 0.0236. The molecule has 0 saturated heterocycles. The van der Waals surface area contributed by atoms with Gasteiger partial charge in [0.25, 0.3) is 0 Å². The Morgan fingerprint density at radius 3 is 2.32 bits per heavy atom. The van der Waals surface area contributed by atoms with E-state index in [2.05, 4.69) is 0 Å². The molecule has 0 aliphatic heterocycles. The van der Waals surface area contributed by atoms with Crippen molar-refractivity contribution in [3.63, 3.8) is 0 Å². The fourth-order valence-electron chi connectivity index (χ4n) is 1.85. The number of carboxylic acid groups (broad SMARTS) is 1. The summed E-state index contributed by atoms with van der Waals surface area (Å²) in [5.41, 5.74) is 0.614. The molecule has 2 aromatic rings. The summed E-state index contributed by atoms with van der Waals surface area (Å²) in [6, 6.07) is 14.4. The van der Waals surface area contributed by atoms with Gasteiger partial charge in [0.1, 0.15) is 19.0 Å². The van der Waals surface area contributed by atoms with E-state index in [0.717, 1.165) is 16.5 Å². The Labute approximate surface area is 126 Å². The van der Waals surface area contributed by atoms with Crippen molar-refractivity contribution in [1.82, 2.24) is 0 Å². The van der Waals surface area contributed by atoms with Crippen LogP contribution in [0.1, 0.15) is 5.56 Å². The van der Waals surface area contributed by atoms with E-state index < -0.39 is 24.4 Å². The summed E-state index contributed by atoms with van der Waals surface area (Å²) in [5.74, 6) is -1.96. The maximum atomic E-state index is 13.8. The van der Waals surface area contributed by atoms with Gasteiger partial charge in [-0.1, -0.05) is 42.5 Å². The maximum absolute atomic E-state index is 13.8. The van der Waals surface area contributed by atoms with E-state index in [-0.39, 0.29) is 12.3 Å². The molecule has 0 aliphatic carbocycles. The SMILES string of the molecule is O=C(O)CN(C(=O)OCc1ccccc1)c1ccccc1F. The molecule has 0 fully saturated rings. The Morgan fingerprint density at radius 1 is 1.05 bits per heavy atom. The number of hydrogen-bond acceptors (Lipinski definition) is 3. The smallest absolute Gasteiger partial charge is 0.415 e. The largest absolute Gasteiger partial charge is 0.480 e. The van der Waals surface area contributed by atoms with Crippen molar-refractivity contribution in [1.29, 1.82) is 0 Å². The number of carbonyl (C=O) groups excluding carboxylic acids is 1. The predicted octanol–water partition coefficient (Wildman–Crippen LogP) is 3.05.